The van der Waals surface area contributed by atoms with Crippen molar-refractivity contribution in [1.82, 2.24) is 29.9 Å². The van der Waals surface area contributed by atoms with Crippen LogP contribution >= 0.6 is 11.6 Å². The molecule has 124 valence electrons. The second-order valence-corrected chi connectivity index (χ2v) is 6.16. The van der Waals surface area contributed by atoms with Crippen LogP contribution in [0.4, 0.5) is 0 Å². The second kappa shape index (κ2) is 6.70. The fraction of sp³-hybridized carbons (Fsp3) is 0.600. The molecule has 0 aromatic carbocycles. The van der Waals surface area contributed by atoms with Gasteiger partial charge in [0.15, 0.2) is 5.82 Å². The molecule has 0 spiro atoms. The lowest BCUT2D eigenvalue weighted by Crippen LogP contribution is -2.25. The molecule has 1 aliphatic rings. The third-order valence-electron chi connectivity index (χ3n) is 4.11. The lowest BCUT2D eigenvalue weighted by atomic mass is 10.2. The molecule has 0 fully saturated rings. The number of unbranched alkanes of at least 4 members (excludes halogenated alkanes) is 1. The zero-order chi connectivity index (χ0) is 16.4. The summed E-state index contributed by atoms with van der Waals surface area (Å²) in [6.45, 7) is 5.90. The SMILES string of the molecule is CCCCn1nc(C)c(C(=O)NCc2nnc3n2CCC3)c1Cl. The van der Waals surface area contributed by atoms with Gasteiger partial charge >= 0.3 is 0 Å². The van der Waals surface area contributed by atoms with Crippen LogP contribution in [0.5, 0.6) is 0 Å². The Labute approximate surface area is 140 Å². The van der Waals surface area contributed by atoms with Crippen LogP contribution in [0, 0.1) is 6.92 Å². The Kier molecular flexibility index (Phi) is 4.66. The van der Waals surface area contributed by atoms with E-state index >= 15 is 0 Å². The zero-order valence-electron chi connectivity index (χ0n) is 13.5. The zero-order valence-corrected chi connectivity index (χ0v) is 14.2. The molecule has 3 rings (SSSR count). The van der Waals surface area contributed by atoms with Crippen molar-refractivity contribution in [1.29, 1.82) is 0 Å². The van der Waals surface area contributed by atoms with Gasteiger partial charge in [-0.1, -0.05) is 24.9 Å². The van der Waals surface area contributed by atoms with E-state index in [1.165, 1.54) is 0 Å². The van der Waals surface area contributed by atoms with Crippen molar-refractivity contribution in [3.8, 4) is 0 Å². The van der Waals surface area contributed by atoms with Crippen molar-refractivity contribution in [3.63, 3.8) is 0 Å². The summed E-state index contributed by atoms with van der Waals surface area (Å²) in [4.78, 5) is 12.5. The summed E-state index contributed by atoms with van der Waals surface area (Å²) in [5.74, 6) is 1.57. The number of aromatic nitrogens is 5. The highest BCUT2D eigenvalue weighted by molar-refractivity contribution is 6.33. The van der Waals surface area contributed by atoms with Gasteiger partial charge in [0.1, 0.15) is 11.0 Å². The number of carbonyl (C=O) groups is 1. The van der Waals surface area contributed by atoms with E-state index in [0.717, 1.165) is 50.4 Å². The Bertz CT molecular complexity index is 720. The first-order valence-electron chi connectivity index (χ1n) is 8.03. The van der Waals surface area contributed by atoms with E-state index in [2.05, 4.69) is 32.1 Å². The van der Waals surface area contributed by atoms with Crippen LogP contribution in [0.3, 0.4) is 0 Å². The van der Waals surface area contributed by atoms with Gasteiger partial charge in [-0.15, -0.1) is 10.2 Å². The van der Waals surface area contributed by atoms with Gasteiger partial charge < -0.3 is 9.88 Å². The number of aryl methyl sites for hydroxylation is 3. The van der Waals surface area contributed by atoms with Crippen LogP contribution in [0.25, 0.3) is 0 Å². The number of amides is 1. The van der Waals surface area contributed by atoms with Crippen molar-refractivity contribution in [3.05, 3.63) is 28.1 Å². The summed E-state index contributed by atoms with van der Waals surface area (Å²) in [7, 11) is 0. The Hall–Kier alpha value is -1.89. The van der Waals surface area contributed by atoms with Crippen LogP contribution in [-0.2, 0) is 26.1 Å². The molecule has 0 saturated heterocycles. The number of halogens is 1. The Morgan fingerprint density at radius 2 is 2.22 bits per heavy atom. The molecular weight excluding hydrogens is 316 g/mol. The van der Waals surface area contributed by atoms with E-state index < -0.39 is 0 Å². The monoisotopic (exact) mass is 336 g/mol. The Morgan fingerprint density at radius 1 is 1.39 bits per heavy atom. The standard InChI is InChI=1S/C15H21ClN6O/c1-3-4-8-22-14(16)13(10(2)20-22)15(23)17-9-12-19-18-11-6-5-7-21(11)12/h3-9H2,1-2H3,(H,17,23). The fourth-order valence-corrected chi connectivity index (χ4v) is 3.20. The lowest BCUT2D eigenvalue weighted by molar-refractivity contribution is 0.0949. The normalized spacial score (nSPS) is 13.3. The highest BCUT2D eigenvalue weighted by atomic mass is 35.5. The van der Waals surface area contributed by atoms with E-state index in [9.17, 15) is 4.79 Å². The minimum absolute atomic E-state index is 0.217. The summed E-state index contributed by atoms with van der Waals surface area (Å²) >= 11 is 6.32. The first kappa shape index (κ1) is 16.0. The summed E-state index contributed by atoms with van der Waals surface area (Å²) in [5.41, 5.74) is 1.10. The third kappa shape index (κ3) is 3.10. The minimum atomic E-state index is -0.217. The first-order chi connectivity index (χ1) is 11.1. The molecule has 1 N–H and O–H groups in total. The van der Waals surface area contributed by atoms with Crippen molar-refractivity contribution in [2.24, 2.45) is 0 Å². The van der Waals surface area contributed by atoms with Crippen molar-refractivity contribution >= 4 is 17.5 Å². The Balaban J connectivity index is 1.69. The highest BCUT2D eigenvalue weighted by Gasteiger charge is 2.22. The summed E-state index contributed by atoms with van der Waals surface area (Å²) in [6, 6.07) is 0. The summed E-state index contributed by atoms with van der Waals surface area (Å²) in [6.07, 6.45) is 4.07. The maximum Gasteiger partial charge on any atom is 0.256 e. The number of hydrogen-bond acceptors (Lipinski definition) is 4. The molecule has 8 heteroatoms. The van der Waals surface area contributed by atoms with Gasteiger partial charge in [0.25, 0.3) is 5.91 Å². The molecule has 0 saturated carbocycles. The third-order valence-corrected chi connectivity index (χ3v) is 4.49. The molecule has 0 bridgehead atoms. The van der Waals surface area contributed by atoms with Crippen LogP contribution in [0.1, 0.15) is 53.9 Å². The minimum Gasteiger partial charge on any atom is -0.345 e. The van der Waals surface area contributed by atoms with E-state index in [1.807, 2.05) is 0 Å². The molecule has 0 atom stereocenters. The van der Waals surface area contributed by atoms with Gasteiger partial charge in [-0.05, 0) is 19.8 Å². The molecule has 7 nitrogen and oxygen atoms in total. The molecule has 0 unspecified atom stereocenters. The number of rotatable bonds is 6. The van der Waals surface area contributed by atoms with Crippen LogP contribution in [0.15, 0.2) is 0 Å². The van der Waals surface area contributed by atoms with Gasteiger partial charge in [-0.25, -0.2) is 0 Å². The lowest BCUT2D eigenvalue weighted by Gasteiger charge is -2.06. The van der Waals surface area contributed by atoms with Gasteiger partial charge in [-0.3, -0.25) is 9.48 Å². The maximum absolute atomic E-state index is 12.5. The van der Waals surface area contributed by atoms with Crippen LogP contribution in [0.2, 0.25) is 5.15 Å². The molecule has 0 radical (unpaired) electrons. The molecule has 1 aliphatic heterocycles. The van der Waals surface area contributed by atoms with Crippen LogP contribution in [-0.4, -0.2) is 30.5 Å². The molecule has 23 heavy (non-hydrogen) atoms. The number of hydrogen-bond donors (Lipinski definition) is 1. The summed E-state index contributed by atoms with van der Waals surface area (Å²) in [5, 5.41) is 15.9. The van der Waals surface area contributed by atoms with E-state index in [-0.39, 0.29) is 5.91 Å². The largest absolute Gasteiger partial charge is 0.345 e. The van der Waals surface area contributed by atoms with Gasteiger partial charge in [0, 0.05) is 19.5 Å². The molecular formula is C15H21ClN6O. The number of nitrogens with one attached hydrogen (secondary N) is 1. The smallest absolute Gasteiger partial charge is 0.256 e. The average molecular weight is 337 g/mol. The Morgan fingerprint density at radius 3 is 3.00 bits per heavy atom. The highest BCUT2D eigenvalue weighted by Crippen LogP contribution is 2.20. The van der Waals surface area contributed by atoms with Crippen molar-refractivity contribution in [2.75, 3.05) is 0 Å². The predicted molar refractivity (Wildman–Crippen MR) is 86.4 cm³/mol. The molecule has 2 aromatic rings. The van der Waals surface area contributed by atoms with Gasteiger partial charge in [0.05, 0.1) is 17.8 Å². The van der Waals surface area contributed by atoms with E-state index in [1.54, 1.807) is 11.6 Å². The van der Waals surface area contributed by atoms with E-state index in [4.69, 9.17) is 11.6 Å². The van der Waals surface area contributed by atoms with Crippen molar-refractivity contribution < 1.29 is 4.79 Å². The van der Waals surface area contributed by atoms with Gasteiger partial charge in [-0.2, -0.15) is 5.10 Å². The predicted octanol–water partition coefficient (Wildman–Crippen LogP) is 2.11. The molecule has 3 heterocycles. The summed E-state index contributed by atoms with van der Waals surface area (Å²) < 4.78 is 3.77. The maximum atomic E-state index is 12.5. The molecule has 1 amide bonds. The molecule has 2 aromatic heterocycles. The fourth-order valence-electron chi connectivity index (χ4n) is 2.86. The van der Waals surface area contributed by atoms with E-state index in [0.29, 0.717) is 23.0 Å². The van der Waals surface area contributed by atoms with Gasteiger partial charge in [0.2, 0.25) is 0 Å². The average Bonchev–Trinajstić information content (AvgIpc) is 3.19. The first-order valence-corrected chi connectivity index (χ1v) is 8.41. The topological polar surface area (TPSA) is 77.6 Å². The number of fused-ring (bicyclic) bond motifs is 1. The number of carbonyl (C=O) groups excluding carboxylic acids is 1. The van der Waals surface area contributed by atoms with Crippen molar-refractivity contribution in [2.45, 2.75) is 59.2 Å². The van der Waals surface area contributed by atoms with Crippen LogP contribution < -0.4 is 5.32 Å². The molecule has 0 aliphatic carbocycles. The quantitative estimate of drug-likeness (QED) is 0.876. The number of nitrogens with zero attached hydrogens (tertiary/aromatic N) is 5. The second-order valence-electron chi connectivity index (χ2n) is 5.80.